The second kappa shape index (κ2) is 5.69. The van der Waals surface area contributed by atoms with Gasteiger partial charge in [0.15, 0.2) is 11.6 Å². The van der Waals surface area contributed by atoms with E-state index in [4.69, 9.17) is 10.5 Å². The molecular weight excluding hydrogens is 229 g/mol. The van der Waals surface area contributed by atoms with Crippen LogP contribution in [0, 0.1) is 5.82 Å². The molecule has 6 nitrogen and oxygen atoms in total. The van der Waals surface area contributed by atoms with E-state index in [1.54, 1.807) is 6.07 Å². The first kappa shape index (κ1) is 12.8. The van der Waals surface area contributed by atoms with Crippen molar-refractivity contribution in [1.82, 2.24) is 5.32 Å². The lowest BCUT2D eigenvalue weighted by Crippen LogP contribution is -2.38. The fourth-order valence-electron chi connectivity index (χ4n) is 1.14. The molecule has 0 heterocycles. The van der Waals surface area contributed by atoms with Crippen LogP contribution in [-0.2, 0) is 4.79 Å². The van der Waals surface area contributed by atoms with Gasteiger partial charge in [-0.15, -0.1) is 0 Å². The van der Waals surface area contributed by atoms with Crippen LogP contribution in [0.15, 0.2) is 18.2 Å². The van der Waals surface area contributed by atoms with Crippen molar-refractivity contribution >= 4 is 17.6 Å². The molecule has 0 bridgehead atoms. The van der Waals surface area contributed by atoms with Gasteiger partial charge in [0.25, 0.3) is 0 Å². The Kier molecular flexibility index (Phi) is 4.27. The minimum Gasteiger partial charge on any atom is -0.494 e. The molecule has 17 heavy (non-hydrogen) atoms. The Morgan fingerprint density at radius 1 is 1.47 bits per heavy atom. The summed E-state index contributed by atoms with van der Waals surface area (Å²) in [6, 6.07) is 3.21. The van der Waals surface area contributed by atoms with Crippen LogP contribution in [0.4, 0.5) is 14.9 Å². The molecule has 0 fully saturated rings. The third kappa shape index (κ3) is 3.98. The van der Waals surface area contributed by atoms with Crippen molar-refractivity contribution in [3.63, 3.8) is 0 Å². The van der Waals surface area contributed by atoms with E-state index in [1.165, 1.54) is 19.2 Å². The highest BCUT2D eigenvalue weighted by Crippen LogP contribution is 2.20. The first-order chi connectivity index (χ1) is 8.02. The average Bonchev–Trinajstić information content (AvgIpc) is 2.25. The number of imide groups is 1. The maximum Gasteiger partial charge on any atom is 0.318 e. The molecule has 0 aliphatic carbocycles. The number of anilines is 1. The first-order valence-corrected chi connectivity index (χ1v) is 4.69. The van der Waals surface area contributed by atoms with E-state index in [-0.39, 0.29) is 12.3 Å². The molecule has 0 saturated carbocycles. The molecule has 0 saturated heterocycles. The van der Waals surface area contributed by atoms with Crippen molar-refractivity contribution in [2.24, 2.45) is 5.73 Å². The smallest absolute Gasteiger partial charge is 0.318 e. The van der Waals surface area contributed by atoms with Crippen molar-refractivity contribution in [2.75, 3.05) is 19.0 Å². The highest BCUT2D eigenvalue weighted by Gasteiger charge is 2.06. The Morgan fingerprint density at radius 2 is 2.18 bits per heavy atom. The largest absolute Gasteiger partial charge is 0.494 e. The predicted molar refractivity (Wildman–Crippen MR) is 59.2 cm³/mol. The number of carbonyl (C=O) groups excluding carboxylic acids is 2. The van der Waals surface area contributed by atoms with E-state index in [2.05, 4.69) is 5.32 Å². The molecule has 0 aromatic heterocycles. The maximum atomic E-state index is 13.2. The van der Waals surface area contributed by atoms with Crippen LogP contribution < -0.4 is 21.1 Å². The quantitative estimate of drug-likeness (QED) is 0.713. The number of amides is 3. The molecule has 1 rings (SSSR count). The molecular formula is C10H12FN3O3. The Morgan fingerprint density at radius 3 is 2.71 bits per heavy atom. The number of carbonyl (C=O) groups is 2. The standard InChI is InChI=1S/C10H12FN3O3/c1-17-8-3-2-6(4-7(8)11)13-5-9(15)14-10(12)16/h2-4,13H,5H2,1H3,(H3,12,14,15,16). The number of urea groups is 1. The lowest BCUT2D eigenvalue weighted by molar-refractivity contribution is -0.118. The van der Waals surface area contributed by atoms with Crippen LogP contribution in [0.2, 0.25) is 0 Å². The zero-order chi connectivity index (χ0) is 12.8. The van der Waals surface area contributed by atoms with Gasteiger partial charge in [0.1, 0.15) is 0 Å². The van der Waals surface area contributed by atoms with Gasteiger partial charge in [-0.05, 0) is 12.1 Å². The molecule has 7 heteroatoms. The summed E-state index contributed by atoms with van der Waals surface area (Å²) in [5.74, 6) is -1.04. The van der Waals surface area contributed by atoms with Crippen molar-refractivity contribution in [1.29, 1.82) is 0 Å². The summed E-state index contributed by atoms with van der Waals surface area (Å²) in [6.07, 6.45) is 0. The van der Waals surface area contributed by atoms with Crippen LogP contribution in [0.3, 0.4) is 0 Å². The van der Waals surface area contributed by atoms with Gasteiger partial charge in [0, 0.05) is 11.8 Å². The number of rotatable bonds is 4. The van der Waals surface area contributed by atoms with Gasteiger partial charge in [-0.2, -0.15) is 0 Å². The molecule has 3 amide bonds. The molecule has 0 radical (unpaired) electrons. The molecule has 1 aromatic rings. The summed E-state index contributed by atoms with van der Waals surface area (Å²) >= 11 is 0. The topological polar surface area (TPSA) is 93.4 Å². The summed E-state index contributed by atoms with van der Waals surface area (Å²) in [4.78, 5) is 21.4. The van der Waals surface area contributed by atoms with Gasteiger partial charge < -0.3 is 15.8 Å². The number of benzene rings is 1. The van der Waals surface area contributed by atoms with E-state index in [9.17, 15) is 14.0 Å². The van der Waals surface area contributed by atoms with Gasteiger partial charge in [-0.1, -0.05) is 0 Å². The fourth-order valence-corrected chi connectivity index (χ4v) is 1.14. The fraction of sp³-hybridized carbons (Fsp3) is 0.200. The van der Waals surface area contributed by atoms with E-state index in [0.717, 1.165) is 0 Å². The molecule has 1 aromatic carbocycles. The zero-order valence-corrected chi connectivity index (χ0v) is 9.12. The normalized spacial score (nSPS) is 9.53. The second-order valence-electron chi connectivity index (χ2n) is 3.12. The van der Waals surface area contributed by atoms with Crippen molar-refractivity contribution in [3.8, 4) is 5.75 Å². The number of ether oxygens (including phenoxy) is 1. The van der Waals surface area contributed by atoms with E-state index in [0.29, 0.717) is 5.69 Å². The number of primary amides is 1. The maximum absolute atomic E-state index is 13.2. The summed E-state index contributed by atoms with van der Waals surface area (Å²) in [5.41, 5.74) is 5.14. The summed E-state index contributed by atoms with van der Waals surface area (Å²) in [7, 11) is 1.35. The van der Waals surface area contributed by atoms with Crippen LogP contribution in [-0.4, -0.2) is 25.6 Å². The molecule has 0 atom stereocenters. The van der Waals surface area contributed by atoms with Gasteiger partial charge in [0.2, 0.25) is 5.91 Å². The average molecular weight is 241 g/mol. The third-order valence-electron chi connectivity index (χ3n) is 1.87. The Bertz CT molecular complexity index is 437. The van der Waals surface area contributed by atoms with Gasteiger partial charge in [-0.3, -0.25) is 10.1 Å². The van der Waals surface area contributed by atoms with Crippen molar-refractivity contribution < 1.29 is 18.7 Å². The van der Waals surface area contributed by atoms with Crippen LogP contribution in [0.1, 0.15) is 0 Å². The molecule has 92 valence electrons. The van der Waals surface area contributed by atoms with Crippen LogP contribution in [0.5, 0.6) is 5.75 Å². The van der Waals surface area contributed by atoms with Gasteiger partial charge in [-0.25, -0.2) is 9.18 Å². The molecule has 0 aliphatic heterocycles. The van der Waals surface area contributed by atoms with Crippen LogP contribution in [0.25, 0.3) is 0 Å². The van der Waals surface area contributed by atoms with Crippen LogP contribution >= 0.6 is 0 Å². The number of hydrogen-bond donors (Lipinski definition) is 3. The Labute approximate surface area is 96.9 Å². The minimum absolute atomic E-state index is 0.108. The number of hydrogen-bond acceptors (Lipinski definition) is 4. The predicted octanol–water partition coefficient (Wildman–Crippen LogP) is 0.441. The van der Waals surface area contributed by atoms with Crippen molar-refractivity contribution in [2.45, 2.75) is 0 Å². The first-order valence-electron chi connectivity index (χ1n) is 4.69. The Balaban J connectivity index is 2.55. The number of nitrogens with two attached hydrogens (primary N) is 1. The lowest BCUT2D eigenvalue weighted by Gasteiger charge is -2.07. The highest BCUT2D eigenvalue weighted by atomic mass is 19.1. The van der Waals surface area contributed by atoms with E-state index < -0.39 is 17.8 Å². The second-order valence-corrected chi connectivity index (χ2v) is 3.12. The zero-order valence-electron chi connectivity index (χ0n) is 9.12. The monoisotopic (exact) mass is 241 g/mol. The number of methoxy groups -OCH3 is 1. The summed E-state index contributed by atoms with van der Waals surface area (Å²) in [6.45, 7) is -0.186. The molecule has 0 spiro atoms. The molecule has 4 N–H and O–H groups in total. The number of nitrogens with one attached hydrogen (secondary N) is 2. The van der Waals surface area contributed by atoms with E-state index >= 15 is 0 Å². The summed E-state index contributed by atoms with van der Waals surface area (Å²) in [5, 5.41) is 4.50. The molecule has 0 unspecified atom stereocenters. The highest BCUT2D eigenvalue weighted by molar-refractivity contribution is 5.95. The van der Waals surface area contributed by atoms with Crippen molar-refractivity contribution in [3.05, 3.63) is 24.0 Å². The molecule has 0 aliphatic rings. The third-order valence-corrected chi connectivity index (χ3v) is 1.87. The number of halogens is 1. The van der Waals surface area contributed by atoms with Gasteiger partial charge >= 0.3 is 6.03 Å². The Hall–Kier alpha value is -2.31. The lowest BCUT2D eigenvalue weighted by atomic mass is 10.3. The minimum atomic E-state index is -0.933. The van der Waals surface area contributed by atoms with E-state index in [1.807, 2.05) is 5.32 Å². The summed E-state index contributed by atoms with van der Waals surface area (Å²) < 4.78 is 18.0. The van der Waals surface area contributed by atoms with Gasteiger partial charge in [0.05, 0.1) is 13.7 Å². The SMILES string of the molecule is COc1ccc(NCC(=O)NC(N)=O)cc1F.